The Balaban J connectivity index is 3.70. The fourth-order valence-corrected chi connectivity index (χ4v) is 0.873. The molecule has 1 atom stereocenters. The summed E-state index contributed by atoms with van der Waals surface area (Å²) in [5.41, 5.74) is 5.54. The van der Waals surface area contributed by atoms with E-state index in [1.807, 2.05) is 19.9 Å². The number of nitrogens with two attached hydrogens (primary N) is 1. The third-order valence-electron chi connectivity index (χ3n) is 1.40. The number of nitrogens with zero attached hydrogens (tertiary/aromatic N) is 1. The van der Waals surface area contributed by atoms with E-state index < -0.39 is 6.04 Å². The topological polar surface area (TPSA) is 78.9 Å². The molecule has 0 rings (SSSR count). The van der Waals surface area contributed by atoms with E-state index in [4.69, 9.17) is 11.0 Å². The summed E-state index contributed by atoms with van der Waals surface area (Å²) in [5.74, 6) is 0.151. The Morgan fingerprint density at radius 3 is 2.67 bits per heavy atom. The van der Waals surface area contributed by atoms with E-state index >= 15 is 0 Å². The van der Waals surface area contributed by atoms with Crippen molar-refractivity contribution in [1.82, 2.24) is 5.32 Å². The molecule has 0 fully saturated rings. The van der Waals surface area contributed by atoms with E-state index in [0.717, 1.165) is 0 Å². The van der Waals surface area contributed by atoms with Crippen LogP contribution in [0.25, 0.3) is 0 Å². The molecule has 12 heavy (non-hydrogen) atoms. The second-order valence-corrected chi connectivity index (χ2v) is 3.11. The van der Waals surface area contributed by atoms with Gasteiger partial charge in [-0.25, -0.2) is 0 Å². The SMILES string of the molecule is CC(C)C[C@H](N)C(=O)NCC#N. The molecule has 3 N–H and O–H groups in total. The standard InChI is InChI=1S/C8H15N3O/c1-6(2)5-7(10)8(12)11-4-3-9/h6-7H,4-5,10H2,1-2H3,(H,11,12)/t7-/m0/s1. The van der Waals surface area contributed by atoms with Gasteiger partial charge in [0, 0.05) is 0 Å². The summed E-state index contributed by atoms with van der Waals surface area (Å²) >= 11 is 0. The van der Waals surface area contributed by atoms with E-state index in [1.165, 1.54) is 0 Å². The first-order chi connectivity index (χ1) is 5.57. The summed E-state index contributed by atoms with van der Waals surface area (Å²) in [6, 6.07) is 1.33. The van der Waals surface area contributed by atoms with Gasteiger partial charge in [0.05, 0.1) is 12.1 Å². The summed E-state index contributed by atoms with van der Waals surface area (Å²) in [6.45, 7) is 4.03. The van der Waals surface area contributed by atoms with Gasteiger partial charge < -0.3 is 11.1 Å². The van der Waals surface area contributed by atoms with Crippen LogP contribution in [0.3, 0.4) is 0 Å². The highest BCUT2D eigenvalue weighted by Gasteiger charge is 2.13. The smallest absolute Gasteiger partial charge is 0.237 e. The van der Waals surface area contributed by atoms with Crippen molar-refractivity contribution in [3.8, 4) is 6.07 Å². The minimum Gasteiger partial charge on any atom is -0.342 e. The molecule has 0 radical (unpaired) electrons. The van der Waals surface area contributed by atoms with E-state index in [1.54, 1.807) is 0 Å². The van der Waals surface area contributed by atoms with Crippen LogP contribution in [0.2, 0.25) is 0 Å². The van der Waals surface area contributed by atoms with Gasteiger partial charge in [0.15, 0.2) is 0 Å². The molecule has 0 saturated heterocycles. The van der Waals surface area contributed by atoms with E-state index in [2.05, 4.69) is 5.32 Å². The van der Waals surface area contributed by atoms with Gasteiger partial charge in [0.2, 0.25) is 5.91 Å². The molecule has 0 saturated carbocycles. The number of nitriles is 1. The first kappa shape index (κ1) is 10.9. The van der Waals surface area contributed by atoms with Crippen molar-refractivity contribution in [3.63, 3.8) is 0 Å². The fourth-order valence-electron chi connectivity index (χ4n) is 0.873. The van der Waals surface area contributed by atoms with Crippen LogP contribution in [0, 0.1) is 17.2 Å². The highest BCUT2D eigenvalue weighted by molar-refractivity contribution is 5.81. The Hall–Kier alpha value is -1.08. The Morgan fingerprint density at radius 2 is 2.25 bits per heavy atom. The van der Waals surface area contributed by atoms with Gasteiger partial charge in [-0.05, 0) is 12.3 Å². The molecule has 0 unspecified atom stereocenters. The van der Waals surface area contributed by atoms with E-state index in [0.29, 0.717) is 12.3 Å². The zero-order chi connectivity index (χ0) is 9.56. The van der Waals surface area contributed by atoms with Crippen LogP contribution < -0.4 is 11.1 Å². The molecule has 0 aliphatic rings. The molecule has 68 valence electrons. The Morgan fingerprint density at radius 1 is 1.67 bits per heavy atom. The van der Waals surface area contributed by atoms with Gasteiger partial charge in [0.1, 0.15) is 6.54 Å². The molecule has 0 spiro atoms. The Kier molecular flexibility index (Phi) is 5.06. The first-order valence-electron chi connectivity index (χ1n) is 3.98. The van der Waals surface area contributed by atoms with Crippen LogP contribution in [0.1, 0.15) is 20.3 Å². The van der Waals surface area contributed by atoms with Crippen LogP contribution in [0.15, 0.2) is 0 Å². The summed E-state index contributed by atoms with van der Waals surface area (Å²) in [4.78, 5) is 11.1. The van der Waals surface area contributed by atoms with Crippen molar-refractivity contribution < 1.29 is 4.79 Å². The lowest BCUT2D eigenvalue weighted by Crippen LogP contribution is -2.41. The molecule has 4 nitrogen and oxygen atoms in total. The maximum Gasteiger partial charge on any atom is 0.237 e. The van der Waals surface area contributed by atoms with Gasteiger partial charge >= 0.3 is 0 Å². The molecule has 1 amide bonds. The maximum absolute atomic E-state index is 11.1. The minimum atomic E-state index is -0.488. The van der Waals surface area contributed by atoms with Crippen LogP contribution in [-0.2, 0) is 4.79 Å². The van der Waals surface area contributed by atoms with Crippen molar-refractivity contribution in [2.24, 2.45) is 11.7 Å². The Bertz CT molecular complexity index is 183. The lowest BCUT2D eigenvalue weighted by atomic mass is 10.0. The fraction of sp³-hybridized carbons (Fsp3) is 0.750. The number of rotatable bonds is 4. The monoisotopic (exact) mass is 169 g/mol. The Labute approximate surface area is 72.7 Å². The lowest BCUT2D eigenvalue weighted by molar-refractivity contribution is -0.122. The number of carbonyl (C=O) groups excluding carboxylic acids is 1. The molecule has 0 aromatic carbocycles. The third-order valence-corrected chi connectivity index (χ3v) is 1.40. The van der Waals surface area contributed by atoms with Crippen molar-refractivity contribution in [3.05, 3.63) is 0 Å². The quantitative estimate of drug-likeness (QED) is 0.581. The molecule has 0 heterocycles. The van der Waals surface area contributed by atoms with Gasteiger partial charge in [-0.15, -0.1) is 0 Å². The molecule has 0 bridgehead atoms. The first-order valence-corrected chi connectivity index (χ1v) is 3.98. The number of hydrogen-bond donors (Lipinski definition) is 2. The van der Waals surface area contributed by atoms with Crippen molar-refractivity contribution in [1.29, 1.82) is 5.26 Å². The largest absolute Gasteiger partial charge is 0.342 e. The van der Waals surface area contributed by atoms with Crippen LogP contribution >= 0.6 is 0 Å². The highest BCUT2D eigenvalue weighted by Crippen LogP contribution is 2.01. The summed E-state index contributed by atoms with van der Waals surface area (Å²) in [6.07, 6.45) is 0.650. The van der Waals surface area contributed by atoms with Gasteiger partial charge in [-0.3, -0.25) is 4.79 Å². The van der Waals surface area contributed by atoms with Crippen molar-refractivity contribution in [2.45, 2.75) is 26.3 Å². The summed E-state index contributed by atoms with van der Waals surface area (Å²) < 4.78 is 0. The molecular formula is C8H15N3O. The van der Waals surface area contributed by atoms with Crippen molar-refractivity contribution >= 4 is 5.91 Å². The highest BCUT2D eigenvalue weighted by atomic mass is 16.2. The van der Waals surface area contributed by atoms with Crippen LogP contribution in [-0.4, -0.2) is 18.5 Å². The maximum atomic E-state index is 11.1. The van der Waals surface area contributed by atoms with Crippen LogP contribution in [0.4, 0.5) is 0 Å². The normalized spacial score (nSPS) is 12.2. The predicted molar refractivity (Wildman–Crippen MR) is 46.1 cm³/mol. The summed E-state index contributed by atoms with van der Waals surface area (Å²) in [7, 11) is 0. The second-order valence-electron chi connectivity index (χ2n) is 3.11. The number of amides is 1. The average molecular weight is 169 g/mol. The molecule has 0 aromatic heterocycles. The van der Waals surface area contributed by atoms with E-state index in [9.17, 15) is 4.79 Å². The zero-order valence-electron chi connectivity index (χ0n) is 7.50. The molecular weight excluding hydrogens is 154 g/mol. The van der Waals surface area contributed by atoms with E-state index in [-0.39, 0.29) is 12.5 Å². The second kappa shape index (κ2) is 5.56. The molecule has 0 aliphatic carbocycles. The molecule has 0 aromatic rings. The summed E-state index contributed by atoms with van der Waals surface area (Å²) in [5, 5.41) is 10.6. The number of carbonyl (C=O) groups is 1. The van der Waals surface area contributed by atoms with Crippen LogP contribution in [0.5, 0.6) is 0 Å². The number of nitrogens with one attached hydrogen (secondary N) is 1. The third kappa shape index (κ3) is 4.69. The molecule has 0 aliphatic heterocycles. The van der Waals surface area contributed by atoms with Gasteiger partial charge in [-0.1, -0.05) is 13.8 Å². The number of hydrogen-bond acceptors (Lipinski definition) is 3. The average Bonchev–Trinajstić information content (AvgIpc) is 1.98. The zero-order valence-corrected chi connectivity index (χ0v) is 7.50. The minimum absolute atomic E-state index is 0.0324. The van der Waals surface area contributed by atoms with Gasteiger partial charge in [0.25, 0.3) is 0 Å². The van der Waals surface area contributed by atoms with Gasteiger partial charge in [-0.2, -0.15) is 5.26 Å². The predicted octanol–water partition coefficient (Wildman–Crippen LogP) is -0.000420. The lowest BCUT2D eigenvalue weighted by Gasteiger charge is -2.12. The van der Waals surface area contributed by atoms with Crippen molar-refractivity contribution in [2.75, 3.05) is 6.54 Å². The molecule has 4 heteroatoms.